The van der Waals surface area contributed by atoms with Crippen molar-refractivity contribution in [2.24, 2.45) is 5.41 Å². The monoisotopic (exact) mass is 171 g/mol. The molecule has 0 amide bonds. The molecule has 0 spiro atoms. The molecule has 3 nitrogen and oxygen atoms in total. The van der Waals surface area contributed by atoms with Gasteiger partial charge in [-0.1, -0.05) is 19.9 Å². The molecule has 0 heterocycles. The third kappa shape index (κ3) is 5.89. The molecule has 0 aromatic rings. The molecule has 0 N–H and O–H groups in total. The summed E-state index contributed by atoms with van der Waals surface area (Å²) in [6.45, 7) is 7.95. The molecule has 12 heavy (non-hydrogen) atoms. The zero-order chi connectivity index (χ0) is 9.61. The molecule has 0 fully saturated rings. The van der Waals surface area contributed by atoms with E-state index < -0.39 is 0 Å². The van der Waals surface area contributed by atoms with Gasteiger partial charge in [-0.05, 0) is 18.3 Å². The fourth-order valence-corrected chi connectivity index (χ4v) is 1.18. The summed E-state index contributed by atoms with van der Waals surface area (Å²) in [7, 11) is 0. The lowest BCUT2D eigenvalue weighted by molar-refractivity contribution is -0.480. The summed E-state index contributed by atoms with van der Waals surface area (Å²) in [5.41, 5.74) is 0.164. The minimum Gasteiger partial charge on any atom is -0.265 e. The Bertz CT molecular complexity index is 164. The van der Waals surface area contributed by atoms with Crippen LogP contribution in [0.15, 0.2) is 12.7 Å². The molecule has 0 unspecified atom stereocenters. The second-order valence-corrected chi connectivity index (χ2v) is 3.82. The van der Waals surface area contributed by atoms with E-state index in [0.717, 1.165) is 12.8 Å². The Kier molecular flexibility index (Phi) is 4.55. The highest BCUT2D eigenvalue weighted by Crippen LogP contribution is 2.26. The predicted molar refractivity (Wildman–Crippen MR) is 49.7 cm³/mol. The number of nitrogens with zero attached hydrogens (tertiary/aromatic N) is 1. The van der Waals surface area contributed by atoms with Gasteiger partial charge in [0.25, 0.3) is 0 Å². The Labute approximate surface area is 73.6 Å². The van der Waals surface area contributed by atoms with E-state index in [9.17, 15) is 10.1 Å². The molecule has 0 bridgehead atoms. The molecule has 0 rings (SSSR count). The van der Waals surface area contributed by atoms with Gasteiger partial charge in [0.2, 0.25) is 6.54 Å². The van der Waals surface area contributed by atoms with Crippen LogP contribution in [0.4, 0.5) is 0 Å². The highest BCUT2D eigenvalue weighted by Gasteiger charge is 2.16. The highest BCUT2D eigenvalue weighted by atomic mass is 16.6. The zero-order valence-corrected chi connectivity index (χ0v) is 7.88. The standard InChI is InChI=1S/C9H17NO2/c1-4-6-9(2,3)7-5-8-10(11)12/h4H,1,5-8H2,2-3H3. The fourth-order valence-electron chi connectivity index (χ4n) is 1.18. The van der Waals surface area contributed by atoms with Crippen LogP contribution in [-0.2, 0) is 0 Å². The second-order valence-electron chi connectivity index (χ2n) is 3.82. The van der Waals surface area contributed by atoms with Crippen molar-refractivity contribution < 1.29 is 4.92 Å². The van der Waals surface area contributed by atoms with E-state index in [1.165, 1.54) is 0 Å². The third-order valence-electron chi connectivity index (χ3n) is 1.89. The lowest BCUT2D eigenvalue weighted by atomic mass is 9.84. The van der Waals surface area contributed by atoms with Gasteiger partial charge < -0.3 is 0 Å². The van der Waals surface area contributed by atoms with Gasteiger partial charge in [-0.15, -0.1) is 6.58 Å². The zero-order valence-electron chi connectivity index (χ0n) is 7.88. The van der Waals surface area contributed by atoms with E-state index in [4.69, 9.17) is 0 Å². The quantitative estimate of drug-likeness (QED) is 0.350. The maximum absolute atomic E-state index is 10.0. The molecule has 70 valence electrons. The van der Waals surface area contributed by atoms with Crippen LogP contribution in [0.2, 0.25) is 0 Å². The number of nitro groups is 1. The molecule has 0 aromatic heterocycles. The van der Waals surface area contributed by atoms with Gasteiger partial charge in [0.1, 0.15) is 0 Å². The molecule has 0 atom stereocenters. The fraction of sp³-hybridized carbons (Fsp3) is 0.778. The van der Waals surface area contributed by atoms with Crippen molar-refractivity contribution in [1.29, 1.82) is 0 Å². The Balaban J connectivity index is 3.60. The SMILES string of the molecule is C=CCC(C)(C)CCC[N+](=O)[O-]. The molecule has 0 aliphatic carbocycles. The molecule has 0 aliphatic rings. The first-order chi connectivity index (χ1) is 5.48. The van der Waals surface area contributed by atoms with Crippen LogP contribution in [-0.4, -0.2) is 11.5 Å². The average molecular weight is 171 g/mol. The number of hydrogen-bond acceptors (Lipinski definition) is 2. The smallest absolute Gasteiger partial charge is 0.203 e. The van der Waals surface area contributed by atoms with E-state index in [1.807, 2.05) is 6.08 Å². The van der Waals surface area contributed by atoms with Crippen molar-refractivity contribution in [2.45, 2.75) is 33.1 Å². The van der Waals surface area contributed by atoms with E-state index in [0.29, 0.717) is 6.42 Å². The van der Waals surface area contributed by atoms with Crippen LogP contribution in [0, 0.1) is 15.5 Å². The summed E-state index contributed by atoms with van der Waals surface area (Å²) < 4.78 is 0. The van der Waals surface area contributed by atoms with Crippen LogP contribution in [0.25, 0.3) is 0 Å². The van der Waals surface area contributed by atoms with Crippen LogP contribution in [0.5, 0.6) is 0 Å². The molecule has 0 saturated carbocycles. The van der Waals surface area contributed by atoms with Crippen molar-refractivity contribution in [2.75, 3.05) is 6.54 Å². The molecule has 0 radical (unpaired) electrons. The Morgan fingerprint density at radius 1 is 1.58 bits per heavy atom. The summed E-state index contributed by atoms with van der Waals surface area (Å²) in [4.78, 5) is 9.77. The summed E-state index contributed by atoms with van der Waals surface area (Å²) >= 11 is 0. The maximum atomic E-state index is 10.0. The van der Waals surface area contributed by atoms with Gasteiger partial charge in [0.15, 0.2) is 0 Å². The Morgan fingerprint density at radius 3 is 2.58 bits per heavy atom. The molecular formula is C9H17NO2. The third-order valence-corrected chi connectivity index (χ3v) is 1.89. The van der Waals surface area contributed by atoms with Gasteiger partial charge in [-0.25, -0.2) is 0 Å². The number of rotatable bonds is 6. The topological polar surface area (TPSA) is 43.1 Å². The summed E-state index contributed by atoms with van der Waals surface area (Å²) in [6, 6.07) is 0. The van der Waals surface area contributed by atoms with Gasteiger partial charge in [0.05, 0.1) is 0 Å². The van der Waals surface area contributed by atoms with E-state index in [2.05, 4.69) is 20.4 Å². The van der Waals surface area contributed by atoms with E-state index in [1.54, 1.807) is 0 Å². The summed E-state index contributed by atoms with van der Waals surface area (Å²) in [6.07, 6.45) is 4.34. The molecule has 0 saturated heterocycles. The lowest BCUT2D eigenvalue weighted by Crippen LogP contribution is -2.12. The molecule has 3 heteroatoms. The first-order valence-corrected chi connectivity index (χ1v) is 4.20. The molecular weight excluding hydrogens is 154 g/mol. The second kappa shape index (κ2) is 4.91. The Hall–Kier alpha value is -0.860. The van der Waals surface area contributed by atoms with Crippen LogP contribution in [0.3, 0.4) is 0 Å². The maximum Gasteiger partial charge on any atom is 0.203 e. The number of allylic oxidation sites excluding steroid dienone is 1. The van der Waals surface area contributed by atoms with E-state index >= 15 is 0 Å². The predicted octanol–water partition coefficient (Wildman–Crippen LogP) is 2.65. The minimum atomic E-state index is -0.260. The van der Waals surface area contributed by atoms with E-state index in [-0.39, 0.29) is 16.9 Å². The van der Waals surface area contributed by atoms with Gasteiger partial charge in [0, 0.05) is 11.3 Å². The lowest BCUT2D eigenvalue weighted by Gasteiger charge is -2.21. The normalized spacial score (nSPS) is 11.2. The minimum absolute atomic E-state index is 0.0839. The first-order valence-electron chi connectivity index (χ1n) is 4.20. The van der Waals surface area contributed by atoms with Crippen LogP contribution >= 0.6 is 0 Å². The largest absolute Gasteiger partial charge is 0.265 e. The van der Waals surface area contributed by atoms with Crippen LogP contribution in [0.1, 0.15) is 33.1 Å². The molecule has 0 aliphatic heterocycles. The Morgan fingerprint density at radius 2 is 2.17 bits per heavy atom. The van der Waals surface area contributed by atoms with Crippen molar-refractivity contribution in [1.82, 2.24) is 0 Å². The van der Waals surface area contributed by atoms with Crippen molar-refractivity contribution in [3.63, 3.8) is 0 Å². The average Bonchev–Trinajstić information content (AvgIpc) is 1.85. The van der Waals surface area contributed by atoms with Crippen LogP contribution < -0.4 is 0 Å². The van der Waals surface area contributed by atoms with Gasteiger partial charge >= 0.3 is 0 Å². The highest BCUT2D eigenvalue weighted by molar-refractivity contribution is 4.79. The van der Waals surface area contributed by atoms with Crippen molar-refractivity contribution in [3.8, 4) is 0 Å². The van der Waals surface area contributed by atoms with Gasteiger partial charge in [-0.3, -0.25) is 10.1 Å². The van der Waals surface area contributed by atoms with Crippen molar-refractivity contribution >= 4 is 0 Å². The van der Waals surface area contributed by atoms with Gasteiger partial charge in [-0.2, -0.15) is 0 Å². The number of hydrogen-bond donors (Lipinski definition) is 0. The summed E-state index contributed by atoms with van der Waals surface area (Å²) in [5.74, 6) is 0. The van der Waals surface area contributed by atoms with Crippen molar-refractivity contribution in [3.05, 3.63) is 22.8 Å². The molecule has 0 aromatic carbocycles. The first kappa shape index (κ1) is 11.1. The summed E-state index contributed by atoms with van der Waals surface area (Å²) in [5, 5.41) is 10.0.